The molecule has 0 saturated carbocycles. The number of aliphatic carboxylic acids is 1. The third-order valence-corrected chi connectivity index (χ3v) is 4.81. The van der Waals surface area contributed by atoms with Crippen LogP contribution in [-0.4, -0.2) is 28.7 Å². The van der Waals surface area contributed by atoms with Crippen molar-refractivity contribution in [2.75, 3.05) is 0 Å². The predicted molar refractivity (Wildman–Crippen MR) is 91.2 cm³/mol. The Hall–Kier alpha value is -2.67. The SMILES string of the molecule is Cc1cc2ccc3c(c2c[n+]1[C@@H](CC(N)=O)C(=O)[O-])OC(C(C)(C)O)C3. The van der Waals surface area contributed by atoms with Crippen molar-refractivity contribution in [1.82, 2.24) is 0 Å². The fourth-order valence-corrected chi connectivity index (χ4v) is 3.36. The number of amides is 1. The van der Waals surface area contributed by atoms with Crippen molar-refractivity contribution in [2.45, 2.75) is 51.4 Å². The van der Waals surface area contributed by atoms with Gasteiger partial charge in [0.2, 0.25) is 11.9 Å². The highest BCUT2D eigenvalue weighted by Gasteiger charge is 2.36. The zero-order chi connectivity index (χ0) is 19.2. The number of nitrogens with zero attached hydrogens (tertiary/aromatic N) is 1. The second-order valence-corrected chi connectivity index (χ2v) is 7.35. The number of primary amides is 1. The van der Waals surface area contributed by atoms with Gasteiger partial charge in [0.15, 0.2) is 11.9 Å². The summed E-state index contributed by atoms with van der Waals surface area (Å²) in [5.74, 6) is -1.47. The predicted octanol–water partition coefficient (Wildman–Crippen LogP) is -0.323. The minimum Gasteiger partial charge on any atom is -0.543 e. The van der Waals surface area contributed by atoms with E-state index in [-0.39, 0.29) is 12.5 Å². The Morgan fingerprint density at radius 1 is 1.46 bits per heavy atom. The lowest BCUT2D eigenvalue weighted by atomic mass is 9.96. The van der Waals surface area contributed by atoms with Crippen LogP contribution in [0.4, 0.5) is 0 Å². The molecule has 2 atom stereocenters. The molecule has 1 unspecified atom stereocenters. The molecule has 7 nitrogen and oxygen atoms in total. The van der Waals surface area contributed by atoms with Crippen LogP contribution in [-0.2, 0) is 16.0 Å². The molecule has 26 heavy (non-hydrogen) atoms. The first kappa shape index (κ1) is 18.1. The zero-order valence-corrected chi connectivity index (χ0v) is 15.0. The molecule has 3 rings (SSSR count). The molecule has 1 aliphatic heterocycles. The topological polar surface area (TPSA) is 117 Å². The maximum Gasteiger partial charge on any atom is 0.224 e. The molecule has 0 fully saturated rings. The number of carbonyl (C=O) groups excluding carboxylic acids is 2. The van der Waals surface area contributed by atoms with Crippen molar-refractivity contribution in [1.29, 1.82) is 0 Å². The molecule has 0 saturated heterocycles. The summed E-state index contributed by atoms with van der Waals surface area (Å²) in [7, 11) is 0. The number of benzene rings is 1. The third kappa shape index (κ3) is 3.22. The standard InChI is InChI=1S/C19H22N2O5/c1-10-6-11-4-5-12-7-15(19(2,3)25)26-17(12)13(11)9-21(10)14(18(23)24)8-16(20)22/h4-6,9,14-15,25H,7-8H2,1-3H3,(H2-,20,22,23,24)/t14-,15?/m0/s1. The maximum absolute atomic E-state index is 11.5. The number of carboxylic acid groups (broad SMARTS) is 1. The number of aryl methyl sites for hydroxylation is 1. The quantitative estimate of drug-likeness (QED) is 0.710. The van der Waals surface area contributed by atoms with Gasteiger partial charge in [0.25, 0.3) is 0 Å². The number of pyridine rings is 1. The van der Waals surface area contributed by atoms with E-state index in [9.17, 15) is 19.8 Å². The smallest absolute Gasteiger partial charge is 0.224 e. The van der Waals surface area contributed by atoms with Gasteiger partial charge >= 0.3 is 0 Å². The number of rotatable bonds is 5. The molecule has 0 radical (unpaired) electrons. The van der Waals surface area contributed by atoms with E-state index >= 15 is 0 Å². The van der Waals surface area contributed by atoms with Gasteiger partial charge in [-0.1, -0.05) is 12.1 Å². The van der Waals surface area contributed by atoms with Gasteiger partial charge in [-0.05, 0) is 24.8 Å². The van der Waals surface area contributed by atoms with Crippen molar-refractivity contribution in [3.05, 3.63) is 35.7 Å². The van der Waals surface area contributed by atoms with Crippen molar-refractivity contribution < 1.29 is 29.1 Å². The average molecular weight is 358 g/mol. The Labute approximate surface area is 151 Å². The average Bonchev–Trinajstić information content (AvgIpc) is 2.96. The first-order valence-electron chi connectivity index (χ1n) is 8.43. The number of aliphatic hydroxyl groups is 1. The van der Waals surface area contributed by atoms with Crippen LogP contribution in [0.15, 0.2) is 24.4 Å². The Morgan fingerprint density at radius 2 is 2.15 bits per heavy atom. The Balaban J connectivity index is 2.13. The van der Waals surface area contributed by atoms with Crippen molar-refractivity contribution in [3.8, 4) is 5.75 Å². The van der Waals surface area contributed by atoms with Crippen LogP contribution in [0.5, 0.6) is 5.75 Å². The van der Waals surface area contributed by atoms with Crippen LogP contribution in [0.2, 0.25) is 0 Å². The number of fused-ring (bicyclic) bond motifs is 3. The fourth-order valence-electron chi connectivity index (χ4n) is 3.36. The van der Waals surface area contributed by atoms with E-state index in [0.29, 0.717) is 17.9 Å². The van der Waals surface area contributed by atoms with E-state index in [1.165, 1.54) is 4.57 Å². The number of hydrogen-bond donors (Lipinski definition) is 2. The molecule has 0 bridgehead atoms. The first-order chi connectivity index (χ1) is 12.1. The van der Waals surface area contributed by atoms with Crippen molar-refractivity contribution in [2.24, 2.45) is 5.73 Å². The molecule has 3 N–H and O–H groups in total. The summed E-state index contributed by atoms with van der Waals surface area (Å²) in [6.07, 6.45) is 1.47. The van der Waals surface area contributed by atoms with Crippen LogP contribution in [0.25, 0.3) is 10.8 Å². The molecular weight excluding hydrogens is 336 g/mol. The number of hydrogen-bond acceptors (Lipinski definition) is 5. The lowest BCUT2D eigenvalue weighted by Crippen LogP contribution is -2.52. The second-order valence-electron chi connectivity index (χ2n) is 7.35. The van der Waals surface area contributed by atoms with E-state index in [0.717, 1.165) is 16.3 Å². The lowest BCUT2D eigenvalue weighted by Gasteiger charge is -2.24. The lowest BCUT2D eigenvalue weighted by molar-refractivity contribution is -0.719. The molecule has 1 aromatic carbocycles. The summed E-state index contributed by atoms with van der Waals surface area (Å²) in [6, 6.07) is 4.52. The fraction of sp³-hybridized carbons (Fsp3) is 0.421. The summed E-state index contributed by atoms with van der Waals surface area (Å²) in [5, 5.41) is 23.4. The van der Waals surface area contributed by atoms with E-state index < -0.39 is 23.5 Å². The molecule has 1 aliphatic rings. The highest BCUT2D eigenvalue weighted by Crippen LogP contribution is 2.38. The summed E-state index contributed by atoms with van der Waals surface area (Å²) in [5.41, 5.74) is 5.78. The largest absolute Gasteiger partial charge is 0.543 e. The molecular formula is C19H22N2O5. The maximum atomic E-state index is 11.5. The Kier molecular flexibility index (Phi) is 4.36. The normalized spacial score (nSPS) is 17.6. The molecule has 0 aliphatic carbocycles. The van der Waals surface area contributed by atoms with Gasteiger partial charge in [-0.15, -0.1) is 0 Å². The van der Waals surface area contributed by atoms with Gasteiger partial charge in [-0.2, -0.15) is 4.57 Å². The summed E-state index contributed by atoms with van der Waals surface area (Å²) < 4.78 is 7.46. The van der Waals surface area contributed by atoms with E-state index in [1.807, 2.05) is 18.2 Å². The summed E-state index contributed by atoms with van der Waals surface area (Å²) in [6.45, 7) is 5.13. The number of aromatic nitrogens is 1. The minimum atomic E-state index is -1.38. The molecule has 7 heteroatoms. The van der Waals surface area contributed by atoms with Gasteiger partial charge in [-0.3, -0.25) is 4.79 Å². The van der Waals surface area contributed by atoms with Crippen LogP contribution in [0.3, 0.4) is 0 Å². The molecule has 2 aromatic rings. The monoisotopic (exact) mass is 358 g/mol. The van der Waals surface area contributed by atoms with Gasteiger partial charge in [0.05, 0.1) is 17.4 Å². The van der Waals surface area contributed by atoms with Gasteiger partial charge in [-0.25, -0.2) is 0 Å². The van der Waals surface area contributed by atoms with Crippen LogP contribution in [0.1, 0.15) is 37.6 Å². The highest BCUT2D eigenvalue weighted by molar-refractivity contribution is 5.89. The molecule has 2 heterocycles. The summed E-state index contributed by atoms with van der Waals surface area (Å²) in [4.78, 5) is 22.8. The van der Waals surface area contributed by atoms with Gasteiger partial charge in [0.1, 0.15) is 17.8 Å². The van der Waals surface area contributed by atoms with Crippen LogP contribution in [0, 0.1) is 6.92 Å². The third-order valence-electron chi connectivity index (χ3n) is 4.81. The van der Waals surface area contributed by atoms with Crippen molar-refractivity contribution in [3.63, 3.8) is 0 Å². The van der Waals surface area contributed by atoms with E-state index in [4.69, 9.17) is 10.5 Å². The Bertz CT molecular complexity index is 901. The van der Waals surface area contributed by atoms with Gasteiger partial charge in [0, 0.05) is 19.4 Å². The minimum absolute atomic E-state index is 0.360. The number of nitrogens with two attached hydrogens (primary N) is 1. The van der Waals surface area contributed by atoms with E-state index in [1.54, 1.807) is 27.0 Å². The van der Waals surface area contributed by atoms with Crippen LogP contribution < -0.4 is 20.1 Å². The molecule has 0 spiro atoms. The number of ether oxygens (including phenoxy) is 1. The second kappa shape index (κ2) is 6.25. The van der Waals surface area contributed by atoms with E-state index in [2.05, 4.69) is 0 Å². The zero-order valence-electron chi connectivity index (χ0n) is 15.0. The molecule has 1 amide bonds. The van der Waals surface area contributed by atoms with Gasteiger partial charge < -0.3 is 25.5 Å². The highest BCUT2D eigenvalue weighted by atomic mass is 16.5. The molecule has 138 valence electrons. The molecule has 1 aromatic heterocycles. The number of carboxylic acids is 1. The van der Waals surface area contributed by atoms with Crippen LogP contribution >= 0.6 is 0 Å². The van der Waals surface area contributed by atoms with Crippen molar-refractivity contribution >= 4 is 22.6 Å². The number of carbonyl (C=O) groups is 2. The summed E-state index contributed by atoms with van der Waals surface area (Å²) >= 11 is 0. The first-order valence-corrected chi connectivity index (χ1v) is 8.43. The Morgan fingerprint density at radius 3 is 2.73 bits per heavy atom.